The lowest BCUT2D eigenvalue weighted by atomic mass is 10.1. The molecule has 0 unspecified atom stereocenters. The normalized spacial score (nSPS) is 16.9. The highest BCUT2D eigenvalue weighted by Gasteiger charge is 2.26. The van der Waals surface area contributed by atoms with E-state index in [9.17, 15) is 9.50 Å². The average molecular weight is 491 g/mol. The van der Waals surface area contributed by atoms with Crippen molar-refractivity contribution in [2.45, 2.75) is 32.4 Å². The molecule has 3 heterocycles. The van der Waals surface area contributed by atoms with Crippen LogP contribution in [0, 0.1) is 17.7 Å². The van der Waals surface area contributed by atoms with Gasteiger partial charge in [0.15, 0.2) is 17.5 Å². The number of halogens is 1. The van der Waals surface area contributed by atoms with Gasteiger partial charge in [0.2, 0.25) is 5.82 Å². The zero-order valence-corrected chi connectivity index (χ0v) is 21.0. The number of anilines is 3. The first-order chi connectivity index (χ1) is 17.2. The van der Waals surface area contributed by atoms with Gasteiger partial charge in [0.1, 0.15) is 5.75 Å². The second kappa shape index (κ2) is 10.7. The monoisotopic (exact) mass is 490 g/mol. The summed E-state index contributed by atoms with van der Waals surface area (Å²) in [6.45, 7) is 5.80. The SMILES string of the molecule is C[C@H](C#Cc1ncc(F)c(N2CCN(c3cc(-c4ccccc4O)nnc3N)CC[C@H]2C)n1)N(C)C. The van der Waals surface area contributed by atoms with Crippen molar-refractivity contribution in [3.05, 3.63) is 48.2 Å². The summed E-state index contributed by atoms with van der Waals surface area (Å²) >= 11 is 0. The zero-order valence-electron chi connectivity index (χ0n) is 21.0. The maximum atomic E-state index is 14.9. The molecule has 1 aliphatic heterocycles. The number of benzene rings is 1. The van der Waals surface area contributed by atoms with Gasteiger partial charge in [-0.2, -0.15) is 0 Å². The molecule has 188 valence electrons. The number of rotatable bonds is 4. The summed E-state index contributed by atoms with van der Waals surface area (Å²) in [4.78, 5) is 14.6. The quantitative estimate of drug-likeness (QED) is 0.534. The summed E-state index contributed by atoms with van der Waals surface area (Å²) in [6.07, 6.45) is 1.93. The van der Waals surface area contributed by atoms with Crippen molar-refractivity contribution < 1.29 is 9.50 Å². The third kappa shape index (κ3) is 5.47. The minimum absolute atomic E-state index is 0.0227. The summed E-state index contributed by atoms with van der Waals surface area (Å²) in [7, 11) is 3.88. The van der Waals surface area contributed by atoms with Crippen LogP contribution in [0.2, 0.25) is 0 Å². The van der Waals surface area contributed by atoms with Crippen LogP contribution in [0.1, 0.15) is 26.1 Å². The number of nitrogen functional groups attached to an aromatic ring is 1. The summed E-state index contributed by atoms with van der Waals surface area (Å²) in [5, 5.41) is 18.5. The molecule has 0 spiro atoms. The van der Waals surface area contributed by atoms with Gasteiger partial charge in [-0.05, 0) is 58.5 Å². The number of aromatic hydroxyl groups is 1. The summed E-state index contributed by atoms with van der Waals surface area (Å²) in [5.74, 6) is 6.53. The molecule has 1 aliphatic rings. The molecule has 0 aliphatic carbocycles. The van der Waals surface area contributed by atoms with Gasteiger partial charge in [0, 0.05) is 31.2 Å². The number of nitrogens with zero attached hydrogens (tertiary/aromatic N) is 7. The van der Waals surface area contributed by atoms with E-state index in [1.807, 2.05) is 49.9 Å². The number of phenolic OH excluding ortho intramolecular Hbond substituents is 1. The zero-order chi connectivity index (χ0) is 25.8. The van der Waals surface area contributed by atoms with Gasteiger partial charge in [0.25, 0.3) is 0 Å². The Morgan fingerprint density at radius 2 is 1.97 bits per heavy atom. The molecule has 4 rings (SSSR count). The molecule has 10 heteroatoms. The van der Waals surface area contributed by atoms with Crippen LogP contribution >= 0.6 is 0 Å². The molecular formula is C26H31FN8O. The Morgan fingerprint density at radius 1 is 1.19 bits per heavy atom. The fourth-order valence-corrected chi connectivity index (χ4v) is 4.00. The highest BCUT2D eigenvalue weighted by atomic mass is 19.1. The van der Waals surface area contributed by atoms with E-state index in [0.717, 1.165) is 12.1 Å². The van der Waals surface area contributed by atoms with Gasteiger partial charge in [-0.15, -0.1) is 10.2 Å². The Labute approximate surface area is 210 Å². The van der Waals surface area contributed by atoms with Crippen LogP contribution in [-0.2, 0) is 0 Å². The van der Waals surface area contributed by atoms with E-state index >= 15 is 0 Å². The summed E-state index contributed by atoms with van der Waals surface area (Å²) in [5.41, 5.74) is 8.04. The highest BCUT2D eigenvalue weighted by molar-refractivity contribution is 5.74. The number of para-hydroxylation sites is 1. The number of hydrogen-bond acceptors (Lipinski definition) is 9. The van der Waals surface area contributed by atoms with Gasteiger partial charge < -0.3 is 20.6 Å². The Bertz CT molecular complexity index is 1290. The van der Waals surface area contributed by atoms with Gasteiger partial charge >= 0.3 is 0 Å². The minimum atomic E-state index is -0.478. The number of nitrogens with two attached hydrogens (primary N) is 1. The molecule has 36 heavy (non-hydrogen) atoms. The smallest absolute Gasteiger partial charge is 0.207 e. The van der Waals surface area contributed by atoms with Crippen LogP contribution < -0.4 is 15.5 Å². The Kier molecular flexibility index (Phi) is 7.50. The van der Waals surface area contributed by atoms with Gasteiger partial charge in [-0.25, -0.2) is 14.4 Å². The minimum Gasteiger partial charge on any atom is -0.507 e. The topological polar surface area (TPSA) is 108 Å². The molecule has 2 atom stereocenters. The molecule has 3 aromatic rings. The van der Waals surface area contributed by atoms with Crippen molar-refractivity contribution in [1.82, 2.24) is 25.1 Å². The van der Waals surface area contributed by atoms with Gasteiger partial charge in [-0.1, -0.05) is 18.1 Å². The summed E-state index contributed by atoms with van der Waals surface area (Å²) < 4.78 is 14.9. The van der Waals surface area contributed by atoms with E-state index in [-0.39, 0.29) is 23.7 Å². The van der Waals surface area contributed by atoms with Crippen LogP contribution in [0.4, 0.5) is 21.7 Å². The third-order valence-electron chi connectivity index (χ3n) is 6.45. The standard InChI is InChI=1S/C26H31FN8O/c1-17(33(3)4)9-10-24-29-16-20(27)26(30-24)35-14-13-34(12-11-18(35)2)22-15-21(31-32-25(22)28)19-7-5-6-8-23(19)36/h5-8,15-18,36H,11-14H2,1-4H3,(H2,28,32)/t17-,18-/m1/s1. The Morgan fingerprint density at radius 3 is 2.72 bits per heavy atom. The summed E-state index contributed by atoms with van der Waals surface area (Å²) in [6, 6.07) is 8.85. The Hall–Kier alpha value is -3.97. The molecule has 3 N–H and O–H groups in total. The van der Waals surface area contributed by atoms with Crippen molar-refractivity contribution in [3.63, 3.8) is 0 Å². The lowest BCUT2D eigenvalue weighted by Gasteiger charge is -2.28. The lowest BCUT2D eigenvalue weighted by Crippen LogP contribution is -2.36. The average Bonchev–Trinajstić information content (AvgIpc) is 3.05. The van der Waals surface area contributed by atoms with E-state index in [2.05, 4.69) is 36.9 Å². The van der Waals surface area contributed by atoms with Crippen LogP contribution in [0.5, 0.6) is 5.75 Å². The van der Waals surface area contributed by atoms with Crippen molar-refractivity contribution in [1.29, 1.82) is 0 Å². The van der Waals surface area contributed by atoms with Crippen LogP contribution in [0.25, 0.3) is 11.3 Å². The van der Waals surface area contributed by atoms with E-state index in [1.165, 1.54) is 6.20 Å². The molecule has 1 fully saturated rings. The van der Waals surface area contributed by atoms with Crippen molar-refractivity contribution in [2.75, 3.05) is 49.3 Å². The number of aromatic nitrogens is 4. The highest BCUT2D eigenvalue weighted by Crippen LogP contribution is 2.32. The van der Waals surface area contributed by atoms with Crippen molar-refractivity contribution in [3.8, 4) is 28.8 Å². The van der Waals surface area contributed by atoms with Crippen molar-refractivity contribution >= 4 is 17.3 Å². The molecular weight excluding hydrogens is 459 g/mol. The van der Waals surface area contributed by atoms with E-state index < -0.39 is 5.82 Å². The molecule has 9 nitrogen and oxygen atoms in total. The van der Waals surface area contributed by atoms with E-state index in [0.29, 0.717) is 42.5 Å². The second-order valence-corrected chi connectivity index (χ2v) is 9.11. The predicted octanol–water partition coefficient (Wildman–Crippen LogP) is 2.77. The number of hydrogen-bond donors (Lipinski definition) is 2. The molecule has 2 aromatic heterocycles. The maximum absolute atomic E-state index is 14.9. The lowest BCUT2D eigenvalue weighted by molar-refractivity contribution is 0.373. The first-order valence-electron chi connectivity index (χ1n) is 11.9. The van der Waals surface area contributed by atoms with Gasteiger partial charge in [0.05, 0.1) is 23.6 Å². The van der Waals surface area contributed by atoms with E-state index in [4.69, 9.17) is 5.73 Å². The van der Waals surface area contributed by atoms with Crippen LogP contribution in [0.3, 0.4) is 0 Å². The van der Waals surface area contributed by atoms with E-state index in [1.54, 1.807) is 18.2 Å². The maximum Gasteiger partial charge on any atom is 0.207 e. The van der Waals surface area contributed by atoms with Crippen molar-refractivity contribution in [2.24, 2.45) is 0 Å². The first-order valence-corrected chi connectivity index (χ1v) is 11.9. The first kappa shape index (κ1) is 25.1. The molecule has 0 amide bonds. The second-order valence-electron chi connectivity index (χ2n) is 9.11. The molecule has 0 bridgehead atoms. The fraction of sp³-hybridized carbons (Fsp3) is 0.385. The van der Waals surface area contributed by atoms with Crippen LogP contribution in [-0.4, -0.2) is 76.0 Å². The molecule has 0 saturated carbocycles. The predicted molar refractivity (Wildman–Crippen MR) is 139 cm³/mol. The van der Waals surface area contributed by atoms with Crippen LogP contribution in [0.15, 0.2) is 36.5 Å². The fourth-order valence-electron chi connectivity index (χ4n) is 4.00. The number of phenols is 1. The third-order valence-corrected chi connectivity index (χ3v) is 6.45. The Balaban J connectivity index is 1.58. The molecule has 1 saturated heterocycles. The molecule has 1 aromatic carbocycles. The largest absolute Gasteiger partial charge is 0.507 e. The molecule has 0 radical (unpaired) electrons. The van der Waals surface area contributed by atoms with Gasteiger partial charge in [-0.3, -0.25) is 4.90 Å².